The van der Waals surface area contributed by atoms with Gasteiger partial charge in [-0.3, -0.25) is 4.79 Å². The standard InChI is InChI=1S/C17H23ClN2O3S/c18-16-8-2-1-5-15(16)13-24(22,23)20-10-4-9-19(11-12-20)17(21)14-6-3-7-14/h1-2,5,8,14H,3-4,6-7,9-13H2. The fraction of sp³-hybridized carbons (Fsp3) is 0.588. The molecular weight excluding hydrogens is 348 g/mol. The molecule has 0 atom stereocenters. The largest absolute Gasteiger partial charge is 0.341 e. The molecule has 1 aromatic rings. The summed E-state index contributed by atoms with van der Waals surface area (Å²) in [5.41, 5.74) is 0.616. The van der Waals surface area contributed by atoms with Crippen molar-refractivity contribution in [1.82, 2.24) is 9.21 Å². The average Bonchev–Trinajstić information content (AvgIpc) is 2.74. The molecule has 0 spiro atoms. The molecule has 5 nitrogen and oxygen atoms in total. The molecule has 1 saturated heterocycles. The number of amides is 1. The Bertz CT molecular complexity index is 704. The van der Waals surface area contributed by atoms with E-state index in [2.05, 4.69) is 0 Å². The van der Waals surface area contributed by atoms with Crippen LogP contribution in [0.3, 0.4) is 0 Å². The summed E-state index contributed by atoms with van der Waals surface area (Å²) >= 11 is 6.09. The highest BCUT2D eigenvalue weighted by molar-refractivity contribution is 7.88. The van der Waals surface area contributed by atoms with Crippen LogP contribution in [0.5, 0.6) is 0 Å². The second-order valence-electron chi connectivity index (χ2n) is 6.55. The van der Waals surface area contributed by atoms with Gasteiger partial charge in [0.05, 0.1) is 5.75 Å². The Hall–Kier alpha value is -1.11. The number of carbonyl (C=O) groups is 1. The van der Waals surface area contributed by atoms with E-state index in [1.165, 1.54) is 4.31 Å². The first kappa shape index (κ1) is 17.7. The van der Waals surface area contributed by atoms with Crippen LogP contribution in [0, 0.1) is 5.92 Å². The molecule has 0 N–H and O–H groups in total. The molecular formula is C17H23ClN2O3S. The van der Waals surface area contributed by atoms with E-state index < -0.39 is 10.0 Å². The number of hydrogen-bond acceptors (Lipinski definition) is 3. The topological polar surface area (TPSA) is 57.7 Å². The van der Waals surface area contributed by atoms with Crippen LogP contribution in [0.4, 0.5) is 0 Å². The SMILES string of the molecule is O=C(C1CCC1)N1CCCN(S(=O)(=O)Cc2ccccc2Cl)CC1. The van der Waals surface area contributed by atoms with Crippen LogP contribution in [0.1, 0.15) is 31.2 Å². The van der Waals surface area contributed by atoms with Gasteiger partial charge in [-0.15, -0.1) is 0 Å². The van der Waals surface area contributed by atoms with Crippen LogP contribution in [-0.4, -0.2) is 49.7 Å². The first-order valence-electron chi connectivity index (χ1n) is 8.47. The molecule has 3 rings (SSSR count). The quantitative estimate of drug-likeness (QED) is 0.818. The van der Waals surface area contributed by atoms with Crippen LogP contribution >= 0.6 is 11.6 Å². The summed E-state index contributed by atoms with van der Waals surface area (Å²) in [6, 6.07) is 7.02. The predicted molar refractivity (Wildman–Crippen MR) is 94.2 cm³/mol. The van der Waals surface area contributed by atoms with Crippen LogP contribution in [-0.2, 0) is 20.6 Å². The van der Waals surface area contributed by atoms with Crippen molar-refractivity contribution >= 4 is 27.5 Å². The second-order valence-corrected chi connectivity index (χ2v) is 8.93. The van der Waals surface area contributed by atoms with E-state index in [0.29, 0.717) is 43.2 Å². The Kier molecular flexibility index (Phi) is 5.47. The summed E-state index contributed by atoms with van der Waals surface area (Å²) in [5, 5.41) is 0.470. The molecule has 132 valence electrons. The Morgan fingerprint density at radius 2 is 1.83 bits per heavy atom. The van der Waals surface area contributed by atoms with Crippen LogP contribution in [0.25, 0.3) is 0 Å². The van der Waals surface area contributed by atoms with Crippen molar-refractivity contribution in [3.05, 3.63) is 34.9 Å². The molecule has 0 aromatic heterocycles. The molecule has 7 heteroatoms. The highest BCUT2D eigenvalue weighted by Crippen LogP contribution is 2.29. The van der Waals surface area contributed by atoms with Crippen molar-refractivity contribution in [2.24, 2.45) is 5.92 Å². The minimum atomic E-state index is -3.43. The third kappa shape index (κ3) is 3.92. The molecule has 1 amide bonds. The zero-order valence-corrected chi connectivity index (χ0v) is 15.2. The van der Waals surface area contributed by atoms with Gasteiger partial charge >= 0.3 is 0 Å². The zero-order valence-electron chi connectivity index (χ0n) is 13.7. The number of rotatable bonds is 4. The van der Waals surface area contributed by atoms with E-state index in [0.717, 1.165) is 19.3 Å². The number of benzene rings is 1. The molecule has 1 saturated carbocycles. The van der Waals surface area contributed by atoms with Gasteiger partial charge in [0.1, 0.15) is 0 Å². The third-order valence-corrected chi connectivity index (χ3v) is 7.11. The average molecular weight is 371 g/mol. The second kappa shape index (κ2) is 7.42. The monoisotopic (exact) mass is 370 g/mol. The van der Waals surface area contributed by atoms with Gasteiger partial charge in [-0.2, -0.15) is 4.31 Å². The summed E-state index contributed by atoms with van der Waals surface area (Å²) in [7, 11) is -3.43. The number of sulfonamides is 1. The van der Waals surface area contributed by atoms with Crippen molar-refractivity contribution in [3.8, 4) is 0 Å². The molecule has 0 radical (unpaired) electrons. The maximum Gasteiger partial charge on any atom is 0.225 e. The molecule has 2 fully saturated rings. The molecule has 1 aliphatic heterocycles. The minimum absolute atomic E-state index is 0.0940. The lowest BCUT2D eigenvalue weighted by Crippen LogP contribution is -2.41. The maximum absolute atomic E-state index is 12.7. The van der Waals surface area contributed by atoms with Crippen LogP contribution in [0.2, 0.25) is 5.02 Å². The predicted octanol–water partition coefficient (Wildman–Crippen LogP) is 2.50. The van der Waals surface area contributed by atoms with Crippen LogP contribution < -0.4 is 0 Å². The van der Waals surface area contributed by atoms with Crippen molar-refractivity contribution in [2.75, 3.05) is 26.2 Å². The van der Waals surface area contributed by atoms with Gasteiger partial charge in [-0.25, -0.2) is 8.42 Å². The van der Waals surface area contributed by atoms with E-state index >= 15 is 0 Å². The van der Waals surface area contributed by atoms with Crippen LogP contribution in [0.15, 0.2) is 24.3 Å². The summed E-state index contributed by atoms with van der Waals surface area (Å²) in [5.74, 6) is 0.270. The van der Waals surface area contributed by atoms with Gasteiger partial charge in [0.2, 0.25) is 15.9 Å². The van der Waals surface area contributed by atoms with Crippen molar-refractivity contribution in [1.29, 1.82) is 0 Å². The van der Waals surface area contributed by atoms with Crippen molar-refractivity contribution in [2.45, 2.75) is 31.4 Å². The molecule has 0 unspecified atom stereocenters. The molecule has 1 aromatic carbocycles. The minimum Gasteiger partial charge on any atom is -0.341 e. The smallest absolute Gasteiger partial charge is 0.225 e. The highest BCUT2D eigenvalue weighted by atomic mass is 35.5. The summed E-state index contributed by atoms with van der Waals surface area (Å²) < 4.78 is 26.9. The van der Waals surface area contributed by atoms with E-state index in [1.807, 2.05) is 4.90 Å². The van der Waals surface area contributed by atoms with E-state index in [4.69, 9.17) is 11.6 Å². The van der Waals surface area contributed by atoms with Gasteiger partial charge in [0.15, 0.2) is 0 Å². The maximum atomic E-state index is 12.7. The molecule has 1 heterocycles. The molecule has 0 bridgehead atoms. The summed E-state index contributed by atoms with van der Waals surface area (Å²) in [6.45, 7) is 1.96. The molecule has 2 aliphatic rings. The summed E-state index contributed by atoms with van der Waals surface area (Å²) in [4.78, 5) is 14.2. The number of halogens is 1. The lowest BCUT2D eigenvalue weighted by Gasteiger charge is -2.31. The zero-order chi connectivity index (χ0) is 17.2. The fourth-order valence-corrected chi connectivity index (χ4v) is 5.09. The van der Waals surface area contributed by atoms with Gasteiger partial charge in [0, 0.05) is 37.1 Å². The number of nitrogens with zero attached hydrogens (tertiary/aromatic N) is 2. The highest BCUT2D eigenvalue weighted by Gasteiger charge is 2.32. The number of hydrogen-bond donors (Lipinski definition) is 0. The normalized spacial score (nSPS) is 20.5. The van der Waals surface area contributed by atoms with Gasteiger partial charge in [0.25, 0.3) is 0 Å². The third-order valence-electron chi connectivity index (χ3n) is 4.91. The van der Waals surface area contributed by atoms with Gasteiger partial charge in [-0.1, -0.05) is 36.2 Å². The molecule has 24 heavy (non-hydrogen) atoms. The van der Waals surface area contributed by atoms with Crippen molar-refractivity contribution in [3.63, 3.8) is 0 Å². The Morgan fingerprint density at radius 1 is 1.08 bits per heavy atom. The first-order chi connectivity index (χ1) is 11.5. The van der Waals surface area contributed by atoms with Gasteiger partial charge in [-0.05, 0) is 30.9 Å². The Labute approximate surface area is 148 Å². The fourth-order valence-electron chi connectivity index (χ4n) is 3.21. The van der Waals surface area contributed by atoms with Gasteiger partial charge < -0.3 is 4.90 Å². The Balaban J connectivity index is 1.64. The first-order valence-corrected chi connectivity index (χ1v) is 10.5. The van der Waals surface area contributed by atoms with Crippen molar-refractivity contribution < 1.29 is 13.2 Å². The van der Waals surface area contributed by atoms with E-state index in [1.54, 1.807) is 24.3 Å². The van der Waals surface area contributed by atoms with E-state index in [-0.39, 0.29) is 17.6 Å². The van der Waals surface area contributed by atoms with E-state index in [9.17, 15) is 13.2 Å². The Morgan fingerprint density at radius 3 is 2.50 bits per heavy atom. The molecule has 1 aliphatic carbocycles. The summed E-state index contributed by atoms with van der Waals surface area (Å²) in [6.07, 6.45) is 3.76. The number of carbonyl (C=O) groups excluding carboxylic acids is 1. The lowest BCUT2D eigenvalue weighted by atomic mass is 9.84. The lowest BCUT2D eigenvalue weighted by molar-refractivity contribution is -0.138.